The second kappa shape index (κ2) is 4.82. The van der Waals surface area contributed by atoms with E-state index in [0.29, 0.717) is 12.4 Å². The van der Waals surface area contributed by atoms with Gasteiger partial charge in [-0.25, -0.2) is 4.39 Å². The maximum atomic E-state index is 12.5. The number of ether oxygens (including phenoxy) is 2. The molecule has 0 spiro atoms. The Labute approximate surface area is 77.3 Å². The van der Waals surface area contributed by atoms with E-state index >= 15 is 0 Å². The first-order valence-electron chi connectivity index (χ1n) is 3.96. The quantitative estimate of drug-likeness (QED) is 0.711. The van der Waals surface area contributed by atoms with Crippen molar-refractivity contribution in [3.05, 3.63) is 37.0 Å². The number of rotatable bonds is 4. The van der Waals surface area contributed by atoms with E-state index in [9.17, 15) is 4.39 Å². The van der Waals surface area contributed by atoms with E-state index in [1.165, 1.54) is 12.1 Å². The van der Waals surface area contributed by atoms with Gasteiger partial charge in [-0.3, -0.25) is 0 Å². The highest BCUT2D eigenvalue weighted by Gasteiger charge is 2.02. The molecule has 1 unspecified atom stereocenters. The number of methoxy groups -OCH3 is 1. The van der Waals surface area contributed by atoms with Crippen LogP contribution in [0.1, 0.15) is 0 Å². The van der Waals surface area contributed by atoms with Gasteiger partial charge < -0.3 is 9.47 Å². The van der Waals surface area contributed by atoms with Crippen LogP contribution in [0.4, 0.5) is 4.39 Å². The van der Waals surface area contributed by atoms with Gasteiger partial charge in [0.1, 0.15) is 17.7 Å². The number of halogens is 1. The predicted octanol–water partition coefficient (Wildman–Crippen LogP) is 2.05. The Kier molecular flexibility index (Phi) is 3.71. The summed E-state index contributed by atoms with van der Waals surface area (Å²) < 4.78 is 22.6. The zero-order valence-corrected chi connectivity index (χ0v) is 7.50. The van der Waals surface area contributed by atoms with Crippen LogP contribution in [0.15, 0.2) is 24.3 Å². The maximum Gasteiger partial charge on any atom is 0.123 e. The molecule has 1 aromatic rings. The molecule has 0 bridgehead atoms. The van der Waals surface area contributed by atoms with Gasteiger partial charge in [-0.2, -0.15) is 0 Å². The van der Waals surface area contributed by atoms with Crippen molar-refractivity contribution in [2.75, 3.05) is 13.7 Å². The molecular formula is C10H12FO2. The minimum atomic E-state index is -0.278. The molecule has 71 valence electrons. The van der Waals surface area contributed by atoms with Gasteiger partial charge in [0.15, 0.2) is 0 Å². The van der Waals surface area contributed by atoms with E-state index in [0.717, 1.165) is 0 Å². The van der Waals surface area contributed by atoms with Gasteiger partial charge in [0.25, 0.3) is 0 Å². The molecule has 0 heterocycles. The average Bonchev–Trinajstić information content (AvgIpc) is 2.09. The lowest BCUT2D eigenvalue weighted by Gasteiger charge is -2.12. The third kappa shape index (κ3) is 3.42. The summed E-state index contributed by atoms with van der Waals surface area (Å²) in [5.41, 5.74) is 0. The van der Waals surface area contributed by atoms with Crippen molar-refractivity contribution < 1.29 is 13.9 Å². The smallest absolute Gasteiger partial charge is 0.123 e. The Morgan fingerprint density at radius 1 is 1.38 bits per heavy atom. The highest BCUT2D eigenvalue weighted by Crippen LogP contribution is 2.12. The van der Waals surface area contributed by atoms with Gasteiger partial charge in [0.05, 0.1) is 6.61 Å². The van der Waals surface area contributed by atoms with Crippen LogP contribution >= 0.6 is 0 Å². The molecule has 0 amide bonds. The first-order chi connectivity index (χ1) is 6.22. The molecule has 0 N–H and O–H groups in total. The molecule has 1 rings (SSSR count). The van der Waals surface area contributed by atoms with E-state index in [2.05, 4.69) is 6.92 Å². The molecule has 0 fully saturated rings. The van der Waals surface area contributed by atoms with Crippen molar-refractivity contribution in [1.29, 1.82) is 0 Å². The van der Waals surface area contributed by atoms with Gasteiger partial charge in [-0.1, -0.05) is 0 Å². The molecule has 2 nitrogen and oxygen atoms in total. The SMILES string of the molecule is [CH2]C(COC)Oc1ccc(F)cc1. The minimum absolute atomic E-state index is 0.268. The molecule has 0 aliphatic rings. The summed E-state index contributed by atoms with van der Waals surface area (Å²) in [5, 5.41) is 0. The van der Waals surface area contributed by atoms with Crippen LogP contribution in [-0.2, 0) is 4.74 Å². The lowest BCUT2D eigenvalue weighted by Crippen LogP contribution is -2.18. The van der Waals surface area contributed by atoms with Crippen LogP contribution < -0.4 is 4.74 Å². The Morgan fingerprint density at radius 3 is 2.54 bits per heavy atom. The van der Waals surface area contributed by atoms with Crippen LogP contribution in [0.5, 0.6) is 5.75 Å². The van der Waals surface area contributed by atoms with Crippen molar-refractivity contribution in [1.82, 2.24) is 0 Å². The van der Waals surface area contributed by atoms with E-state index in [-0.39, 0.29) is 11.9 Å². The Balaban J connectivity index is 2.49. The van der Waals surface area contributed by atoms with Gasteiger partial charge in [0, 0.05) is 7.11 Å². The summed E-state index contributed by atoms with van der Waals surface area (Å²) in [6.45, 7) is 4.12. The Hall–Kier alpha value is -1.09. The summed E-state index contributed by atoms with van der Waals surface area (Å²) in [6.07, 6.45) is -0.268. The molecule has 3 heteroatoms. The molecule has 1 aromatic carbocycles. The van der Waals surface area contributed by atoms with Gasteiger partial charge in [-0.15, -0.1) is 0 Å². The fraction of sp³-hybridized carbons (Fsp3) is 0.300. The molecule has 0 saturated heterocycles. The fourth-order valence-electron chi connectivity index (χ4n) is 0.926. The molecular weight excluding hydrogens is 171 g/mol. The maximum absolute atomic E-state index is 12.5. The van der Waals surface area contributed by atoms with Crippen LogP contribution in [0.3, 0.4) is 0 Å². The normalized spacial score (nSPS) is 12.5. The molecule has 0 aromatic heterocycles. The second-order valence-corrected chi connectivity index (χ2v) is 2.65. The molecule has 13 heavy (non-hydrogen) atoms. The summed E-state index contributed by atoms with van der Waals surface area (Å²) in [4.78, 5) is 0. The minimum Gasteiger partial charge on any atom is -0.488 e. The van der Waals surface area contributed by atoms with Gasteiger partial charge in [0.2, 0.25) is 0 Å². The number of hydrogen-bond donors (Lipinski definition) is 0. The van der Waals surface area contributed by atoms with Crippen molar-refractivity contribution in [3.63, 3.8) is 0 Å². The molecule has 1 atom stereocenters. The average molecular weight is 183 g/mol. The van der Waals surface area contributed by atoms with Crippen molar-refractivity contribution in [3.8, 4) is 5.75 Å². The van der Waals surface area contributed by atoms with Crippen molar-refractivity contribution in [2.24, 2.45) is 0 Å². The van der Waals surface area contributed by atoms with E-state index in [4.69, 9.17) is 9.47 Å². The molecule has 1 radical (unpaired) electrons. The van der Waals surface area contributed by atoms with Crippen LogP contribution in [0.2, 0.25) is 0 Å². The number of hydrogen-bond acceptors (Lipinski definition) is 2. The fourth-order valence-corrected chi connectivity index (χ4v) is 0.926. The molecule has 0 aliphatic carbocycles. The lowest BCUT2D eigenvalue weighted by molar-refractivity contribution is 0.106. The summed E-state index contributed by atoms with van der Waals surface area (Å²) in [5.74, 6) is 0.318. The highest BCUT2D eigenvalue weighted by molar-refractivity contribution is 5.22. The summed E-state index contributed by atoms with van der Waals surface area (Å²) in [7, 11) is 1.58. The molecule has 0 aliphatic heterocycles. The highest BCUT2D eigenvalue weighted by atomic mass is 19.1. The topological polar surface area (TPSA) is 18.5 Å². The number of benzene rings is 1. The third-order valence-corrected chi connectivity index (χ3v) is 1.47. The van der Waals surface area contributed by atoms with Crippen molar-refractivity contribution in [2.45, 2.75) is 6.10 Å². The van der Waals surface area contributed by atoms with E-state index in [1.807, 2.05) is 0 Å². The first kappa shape index (κ1) is 9.99. The standard InChI is InChI=1S/C10H12FO2/c1-8(7-12-2)13-10-5-3-9(11)4-6-10/h3-6,8H,1,7H2,2H3. The van der Waals surface area contributed by atoms with Crippen LogP contribution in [-0.4, -0.2) is 19.8 Å². The van der Waals surface area contributed by atoms with Crippen LogP contribution in [0, 0.1) is 12.7 Å². The van der Waals surface area contributed by atoms with E-state index in [1.54, 1.807) is 19.2 Å². The van der Waals surface area contributed by atoms with Gasteiger partial charge >= 0.3 is 0 Å². The molecule has 0 saturated carbocycles. The third-order valence-electron chi connectivity index (χ3n) is 1.47. The summed E-state index contributed by atoms with van der Waals surface area (Å²) in [6, 6.07) is 5.80. The van der Waals surface area contributed by atoms with Crippen LogP contribution in [0.25, 0.3) is 0 Å². The lowest BCUT2D eigenvalue weighted by atomic mass is 10.3. The predicted molar refractivity (Wildman–Crippen MR) is 48.0 cm³/mol. The largest absolute Gasteiger partial charge is 0.488 e. The van der Waals surface area contributed by atoms with Gasteiger partial charge in [-0.05, 0) is 31.2 Å². The first-order valence-corrected chi connectivity index (χ1v) is 3.96. The second-order valence-electron chi connectivity index (χ2n) is 2.65. The van der Waals surface area contributed by atoms with E-state index < -0.39 is 0 Å². The Bertz CT molecular complexity index is 246. The zero-order valence-electron chi connectivity index (χ0n) is 7.50. The zero-order chi connectivity index (χ0) is 9.68. The van der Waals surface area contributed by atoms with Crippen molar-refractivity contribution >= 4 is 0 Å². The Morgan fingerprint density at radius 2 is 2.00 bits per heavy atom. The monoisotopic (exact) mass is 183 g/mol. The summed E-state index contributed by atoms with van der Waals surface area (Å²) >= 11 is 0.